The van der Waals surface area contributed by atoms with Crippen molar-refractivity contribution in [3.05, 3.63) is 35.7 Å². The van der Waals surface area contributed by atoms with Gasteiger partial charge in [0.25, 0.3) is 0 Å². The normalized spacial score (nSPS) is 25.5. The molecule has 1 N–H and O–H groups in total. The van der Waals surface area contributed by atoms with Gasteiger partial charge in [0, 0.05) is 23.7 Å². The summed E-state index contributed by atoms with van der Waals surface area (Å²) in [5, 5.41) is 3.38. The minimum Gasteiger partial charge on any atom is -0.406 e. The molecule has 2 aliphatic rings. The maximum absolute atomic E-state index is 14.0. The first kappa shape index (κ1) is 13.4. The molecule has 2 atom stereocenters. The van der Waals surface area contributed by atoms with Crippen molar-refractivity contribution in [3.8, 4) is 5.75 Å². The highest BCUT2D eigenvalue weighted by atomic mass is 19.4. The number of rotatable bonds is 2. The van der Waals surface area contributed by atoms with Crippen LogP contribution in [-0.4, -0.2) is 18.4 Å². The number of alkyl halides is 3. The zero-order valence-corrected chi connectivity index (χ0v) is 10.5. The van der Waals surface area contributed by atoms with Crippen molar-refractivity contribution in [2.24, 2.45) is 0 Å². The third-order valence-electron chi connectivity index (χ3n) is 3.66. The summed E-state index contributed by atoms with van der Waals surface area (Å²) in [5.41, 5.74) is 1.21. The van der Waals surface area contributed by atoms with Gasteiger partial charge in [-0.05, 0) is 37.0 Å². The zero-order chi connectivity index (χ0) is 14.3. The minimum absolute atomic E-state index is 0.245. The van der Waals surface area contributed by atoms with Crippen LogP contribution in [0.2, 0.25) is 0 Å². The Morgan fingerprint density at radius 2 is 2.00 bits per heavy atom. The largest absolute Gasteiger partial charge is 0.573 e. The van der Waals surface area contributed by atoms with Gasteiger partial charge in [-0.1, -0.05) is 6.08 Å². The lowest BCUT2D eigenvalue weighted by Crippen LogP contribution is -2.32. The van der Waals surface area contributed by atoms with Crippen LogP contribution in [0.1, 0.15) is 24.8 Å². The first-order chi connectivity index (χ1) is 9.40. The van der Waals surface area contributed by atoms with Crippen molar-refractivity contribution < 1.29 is 22.3 Å². The van der Waals surface area contributed by atoms with E-state index in [4.69, 9.17) is 0 Å². The Morgan fingerprint density at radius 3 is 2.65 bits per heavy atom. The van der Waals surface area contributed by atoms with Crippen LogP contribution < -0.4 is 10.1 Å². The Kier molecular flexibility index (Phi) is 3.20. The zero-order valence-electron chi connectivity index (χ0n) is 10.5. The Hall–Kier alpha value is -1.56. The Labute approximate surface area is 113 Å². The van der Waals surface area contributed by atoms with E-state index in [-0.39, 0.29) is 6.04 Å². The van der Waals surface area contributed by atoms with Crippen LogP contribution in [0.4, 0.5) is 17.6 Å². The van der Waals surface area contributed by atoms with Gasteiger partial charge in [-0.2, -0.15) is 0 Å². The molecule has 3 rings (SSSR count). The van der Waals surface area contributed by atoms with Crippen molar-refractivity contribution in [2.45, 2.75) is 37.7 Å². The number of nitrogens with one attached hydrogen (secondary N) is 1. The molecule has 1 aromatic carbocycles. The fraction of sp³-hybridized carbons (Fsp3) is 0.429. The first-order valence-electron chi connectivity index (χ1n) is 6.43. The smallest absolute Gasteiger partial charge is 0.406 e. The molecule has 1 fully saturated rings. The molecule has 20 heavy (non-hydrogen) atoms. The molecule has 6 heteroatoms. The molecule has 0 radical (unpaired) electrons. The summed E-state index contributed by atoms with van der Waals surface area (Å²) in [5.74, 6) is -1.21. The van der Waals surface area contributed by atoms with Gasteiger partial charge in [-0.15, -0.1) is 13.2 Å². The van der Waals surface area contributed by atoms with Crippen LogP contribution >= 0.6 is 0 Å². The van der Waals surface area contributed by atoms with E-state index < -0.39 is 17.9 Å². The van der Waals surface area contributed by atoms with Crippen molar-refractivity contribution >= 4 is 5.57 Å². The SMILES string of the molecule is Fc1cc(OC(F)(F)F)ccc1C1=CC2CCC(C1)N2. The molecule has 2 aliphatic heterocycles. The monoisotopic (exact) mass is 287 g/mol. The van der Waals surface area contributed by atoms with Crippen molar-refractivity contribution in [3.63, 3.8) is 0 Å². The molecule has 0 aliphatic carbocycles. The van der Waals surface area contributed by atoms with Crippen LogP contribution in [-0.2, 0) is 0 Å². The van der Waals surface area contributed by atoms with Crippen LogP contribution in [0.5, 0.6) is 5.75 Å². The van der Waals surface area contributed by atoms with E-state index in [2.05, 4.69) is 10.1 Å². The highest BCUT2D eigenvalue weighted by molar-refractivity contribution is 5.69. The molecule has 0 amide bonds. The van der Waals surface area contributed by atoms with E-state index in [1.165, 1.54) is 6.07 Å². The summed E-state index contributed by atoms with van der Waals surface area (Å²) in [4.78, 5) is 0. The van der Waals surface area contributed by atoms with E-state index in [9.17, 15) is 17.6 Å². The van der Waals surface area contributed by atoms with Gasteiger partial charge in [0.1, 0.15) is 11.6 Å². The quantitative estimate of drug-likeness (QED) is 0.839. The number of halogens is 4. The van der Waals surface area contributed by atoms with Crippen molar-refractivity contribution in [1.29, 1.82) is 0 Å². The predicted octanol–water partition coefficient (Wildman–Crippen LogP) is 3.63. The molecule has 1 aromatic rings. The topological polar surface area (TPSA) is 21.3 Å². The fourth-order valence-electron chi connectivity index (χ4n) is 2.87. The Balaban J connectivity index is 1.85. The van der Waals surface area contributed by atoms with Crippen LogP contribution in [0, 0.1) is 5.82 Å². The summed E-state index contributed by atoms with van der Waals surface area (Å²) < 4.78 is 53.9. The Bertz CT molecular complexity index is 553. The van der Waals surface area contributed by atoms with Gasteiger partial charge in [0.05, 0.1) is 0 Å². The molecule has 2 unspecified atom stereocenters. The summed E-state index contributed by atoms with van der Waals surface area (Å²) >= 11 is 0. The lowest BCUT2D eigenvalue weighted by molar-refractivity contribution is -0.274. The van der Waals surface area contributed by atoms with Crippen LogP contribution in [0.25, 0.3) is 5.57 Å². The highest BCUT2D eigenvalue weighted by Gasteiger charge is 2.32. The maximum atomic E-state index is 14.0. The molecule has 108 valence electrons. The molecule has 2 bridgehead atoms. The molecule has 2 nitrogen and oxygen atoms in total. The second kappa shape index (κ2) is 4.77. The van der Waals surface area contributed by atoms with E-state index in [1.807, 2.05) is 6.08 Å². The second-order valence-electron chi connectivity index (χ2n) is 5.13. The van der Waals surface area contributed by atoms with Crippen LogP contribution in [0.3, 0.4) is 0 Å². The molecule has 0 saturated carbocycles. The maximum Gasteiger partial charge on any atom is 0.573 e. The molecule has 1 saturated heterocycles. The van der Waals surface area contributed by atoms with Gasteiger partial charge in [0.15, 0.2) is 0 Å². The average molecular weight is 287 g/mol. The van der Waals surface area contributed by atoms with Gasteiger partial charge < -0.3 is 10.1 Å². The fourth-order valence-corrected chi connectivity index (χ4v) is 2.87. The summed E-state index contributed by atoms with van der Waals surface area (Å²) in [6.45, 7) is 0. The third kappa shape index (κ3) is 2.80. The van der Waals surface area contributed by atoms with E-state index in [0.717, 1.165) is 30.5 Å². The number of fused-ring (bicyclic) bond motifs is 2. The number of hydrogen-bond acceptors (Lipinski definition) is 2. The van der Waals surface area contributed by atoms with Crippen molar-refractivity contribution in [2.75, 3.05) is 0 Å². The van der Waals surface area contributed by atoms with Gasteiger partial charge in [-0.25, -0.2) is 4.39 Å². The summed E-state index contributed by atoms with van der Waals surface area (Å²) in [6.07, 6.45) is -0.0766. The predicted molar refractivity (Wildman–Crippen MR) is 65.6 cm³/mol. The van der Waals surface area contributed by atoms with Crippen LogP contribution in [0.15, 0.2) is 24.3 Å². The van der Waals surface area contributed by atoms with Crippen molar-refractivity contribution in [1.82, 2.24) is 5.32 Å². The van der Waals surface area contributed by atoms with E-state index >= 15 is 0 Å². The van der Waals surface area contributed by atoms with E-state index in [0.29, 0.717) is 18.0 Å². The third-order valence-corrected chi connectivity index (χ3v) is 3.66. The van der Waals surface area contributed by atoms with E-state index in [1.54, 1.807) is 0 Å². The highest BCUT2D eigenvalue weighted by Crippen LogP contribution is 2.34. The molecule has 2 heterocycles. The average Bonchev–Trinajstić information content (AvgIpc) is 2.66. The summed E-state index contributed by atoms with van der Waals surface area (Å²) in [7, 11) is 0. The minimum atomic E-state index is -4.80. The number of ether oxygens (including phenoxy) is 1. The van der Waals surface area contributed by atoms with Gasteiger partial charge >= 0.3 is 6.36 Å². The molecular formula is C14H13F4NO. The summed E-state index contributed by atoms with van der Waals surface area (Å²) in [6, 6.07) is 3.87. The standard InChI is InChI=1S/C14H13F4NO/c15-13-7-11(20-14(16,17)18)3-4-12(13)8-5-9-1-2-10(6-8)19-9/h3-5,7,9-10,19H,1-2,6H2. The molecule has 0 spiro atoms. The van der Waals surface area contributed by atoms with Gasteiger partial charge in [0.2, 0.25) is 0 Å². The van der Waals surface area contributed by atoms with Gasteiger partial charge in [-0.3, -0.25) is 0 Å². The lowest BCUT2D eigenvalue weighted by atomic mass is 9.95. The second-order valence-corrected chi connectivity index (χ2v) is 5.13. The first-order valence-corrected chi connectivity index (χ1v) is 6.43. The molecular weight excluding hydrogens is 274 g/mol. The number of benzene rings is 1. The number of hydrogen-bond donors (Lipinski definition) is 1. The molecule has 0 aromatic heterocycles. The lowest BCUT2D eigenvalue weighted by Gasteiger charge is -2.22. The Morgan fingerprint density at radius 1 is 1.20 bits per heavy atom.